The van der Waals surface area contributed by atoms with Gasteiger partial charge >= 0.3 is 5.97 Å². The number of hydrogen-bond acceptors (Lipinski definition) is 7. The maximum Gasteiger partial charge on any atom is 0.331 e. The van der Waals surface area contributed by atoms with E-state index in [1.165, 1.54) is 30.6 Å². The van der Waals surface area contributed by atoms with Gasteiger partial charge in [0.25, 0.3) is 5.56 Å². The molecule has 0 saturated heterocycles. The van der Waals surface area contributed by atoms with Crippen molar-refractivity contribution in [2.45, 2.75) is 26.9 Å². The number of nitrogens with zero attached hydrogens (tertiary/aromatic N) is 1. The molecule has 0 aliphatic heterocycles. The summed E-state index contributed by atoms with van der Waals surface area (Å²) in [6.07, 6.45) is 2.09. The molecule has 0 radical (unpaired) electrons. The van der Waals surface area contributed by atoms with Gasteiger partial charge in [0.2, 0.25) is 0 Å². The summed E-state index contributed by atoms with van der Waals surface area (Å²) in [4.78, 5) is 33.3. The minimum atomic E-state index is -0.716. The number of phenolic OH excluding ortho intramolecular Hbond substituents is 1. The summed E-state index contributed by atoms with van der Waals surface area (Å²) in [5, 5.41) is 10.2. The number of hydrogen-bond donors (Lipinski definition) is 2. The average Bonchev–Trinajstić information content (AvgIpc) is 2.95. The van der Waals surface area contributed by atoms with Crippen LogP contribution in [-0.2, 0) is 9.53 Å². The van der Waals surface area contributed by atoms with Gasteiger partial charge in [-0.1, -0.05) is 6.07 Å². The van der Waals surface area contributed by atoms with Crippen molar-refractivity contribution in [3.63, 3.8) is 0 Å². The molecule has 3 rings (SSSR count). The van der Waals surface area contributed by atoms with Gasteiger partial charge in [0, 0.05) is 11.0 Å². The summed E-state index contributed by atoms with van der Waals surface area (Å²) in [6, 6.07) is 4.71. The van der Waals surface area contributed by atoms with Gasteiger partial charge in [0.1, 0.15) is 4.83 Å². The summed E-state index contributed by atoms with van der Waals surface area (Å²) < 4.78 is 10.4. The number of carbonyl (C=O) groups is 1. The van der Waals surface area contributed by atoms with Gasteiger partial charge in [-0.25, -0.2) is 9.78 Å². The quantitative estimate of drug-likeness (QED) is 0.501. The molecule has 2 aromatic heterocycles. The number of phenols is 1. The lowest BCUT2D eigenvalue weighted by Crippen LogP contribution is -2.16. The molecule has 28 heavy (non-hydrogen) atoms. The van der Waals surface area contributed by atoms with Gasteiger partial charge in [0.15, 0.2) is 23.4 Å². The summed E-state index contributed by atoms with van der Waals surface area (Å²) >= 11 is 1.44. The number of aromatic nitrogens is 2. The highest BCUT2D eigenvalue weighted by Gasteiger charge is 2.17. The Hall–Kier alpha value is -3.13. The maximum absolute atomic E-state index is 12.3. The number of H-pyrrole nitrogens is 1. The molecule has 0 unspecified atom stereocenters. The summed E-state index contributed by atoms with van der Waals surface area (Å²) in [7, 11) is 1.44. The summed E-state index contributed by atoms with van der Waals surface area (Å²) in [6.45, 7) is 5.47. The zero-order valence-electron chi connectivity index (χ0n) is 15.9. The number of esters is 1. The van der Waals surface area contributed by atoms with Gasteiger partial charge in [-0.15, -0.1) is 11.3 Å². The number of nitrogens with one attached hydrogen (secondary N) is 1. The molecule has 2 heterocycles. The van der Waals surface area contributed by atoms with Crippen LogP contribution in [0.4, 0.5) is 0 Å². The maximum atomic E-state index is 12.3. The number of rotatable bonds is 5. The molecule has 0 bridgehead atoms. The second kappa shape index (κ2) is 7.85. The van der Waals surface area contributed by atoms with Crippen molar-refractivity contribution in [3.05, 3.63) is 56.5 Å². The van der Waals surface area contributed by atoms with Crippen molar-refractivity contribution in [1.82, 2.24) is 9.97 Å². The Balaban J connectivity index is 1.75. The monoisotopic (exact) mass is 400 g/mol. The Morgan fingerprint density at radius 2 is 2.11 bits per heavy atom. The largest absolute Gasteiger partial charge is 0.504 e. The summed E-state index contributed by atoms with van der Waals surface area (Å²) in [5.74, 6) is 0.0356. The molecule has 0 amide bonds. The lowest BCUT2D eigenvalue weighted by Gasteiger charge is -2.11. The zero-order valence-corrected chi connectivity index (χ0v) is 16.7. The average molecular weight is 400 g/mol. The van der Waals surface area contributed by atoms with Crippen LogP contribution in [0, 0.1) is 13.8 Å². The number of aromatic hydroxyl groups is 1. The molecule has 0 fully saturated rings. The molecule has 8 heteroatoms. The number of aromatic amines is 1. The Morgan fingerprint density at radius 1 is 1.36 bits per heavy atom. The van der Waals surface area contributed by atoms with Crippen LogP contribution in [0.25, 0.3) is 16.3 Å². The normalized spacial score (nSPS) is 12.4. The van der Waals surface area contributed by atoms with Crippen LogP contribution in [-0.4, -0.2) is 28.2 Å². The fourth-order valence-electron chi connectivity index (χ4n) is 2.70. The first kappa shape index (κ1) is 19.6. The molecule has 146 valence electrons. The molecule has 0 aliphatic rings. The predicted octanol–water partition coefficient (Wildman–Crippen LogP) is 3.63. The standard InChI is InChI=1S/C20H20N2O5S/c1-10-12(3)28-20-17(10)19(25)21-18(22-20)11(2)27-16(24)8-6-13-5-7-14(23)15(9-13)26-4/h5-9,11,23H,1-4H3,(H,21,22,25)/b8-6+/t11-/m0/s1. The Morgan fingerprint density at radius 3 is 2.82 bits per heavy atom. The van der Waals surface area contributed by atoms with Gasteiger partial charge in [-0.05, 0) is 50.1 Å². The highest BCUT2D eigenvalue weighted by atomic mass is 32.1. The van der Waals surface area contributed by atoms with Gasteiger partial charge in [0.05, 0.1) is 12.5 Å². The van der Waals surface area contributed by atoms with Crippen molar-refractivity contribution < 1.29 is 19.4 Å². The number of thiophene rings is 1. The molecule has 0 aliphatic carbocycles. The molecular weight excluding hydrogens is 380 g/mol. The Kier molecular flexibility index (Phi) is 5.51. The Bertz CT molecular complexity index is 1130. The van der Waals surface area contributed by atoms with Crippen LogP contribution in [0.15, 0.2) is 29.1 Å². The van der Waals surface area contributed by atoms with Crippen LogP contribution in [0.5, 0.6) is 11.5 Å². The number of benzene rings is 1. The SMILES string of the molecule is COc1cc(/C=C/C(=O)O[C@@H](C)c2nc3sc(C)c(C)c3c(=O)[nH]2)ccc1O. The highest BCUT2D eigenvalue weighted by Crippen LogP contribution is 2.28. The third-order valence-electron chi connectivity index (χ3n) is 4.35. The van der Waals surface area contributed by atoms with E-state index in [-0.39, 0.29) is 11.3 Å². The number of aryl methyl sites for hydroxylation is 2. The van der Waals surface area contributed by atoms with Crippen LogP contribution in [0.3, 0.4) is 0 Å². The topological polar surface area (TPSA) is 102 Å². The molecule has 1 atom stereocenters. The van der Waals surface area contributed by atoms with Crippen molar-refractivity contribution in [3.8, 4) is 11.5 Å². The minimum absolute atomic E-state index is 0.0142. The first-order valence-corrected chi connectivity index (χ1v) is 9.37. The summed E-state index contributed by atoms with van der Waals surface area (Å²) in [5.41, 5.74) is 1.34. The minimum Gasteiger partial charge on any atom is -0.504 e. The molecule has 7 nitrogen and oxygen atoms in total. The van der Waals surface area contributed by atoms with Crippen molar-refractivity contribution in [2.24, 2.45) is 0 Å². The van der Waals surface area contributed by atoms with Crippen LogP contribution >= 0.6 is 11.3 Å². The van der Waals surface area contributed by atoms with Gasteiger partial charge in [-0.2, -0.15) is 0 Å². The predicted molar refractivity (Wildman–Crippen MR) is 108 cm³/mol. The van der Waals surface area contributed by atoms with Crippen LogP contribution < -0.4 is 10.3 Å². The van der Waals surface area contributed by atoms with Crippen molar-refractivity contribution >= 4 is 33.6 Å². The van der Waals surface area contributed by atoms with E-state index < -0.39 is 12.1 Å². The van der Waals surface area contributed by atoms with E-state index in [1.54, 1.807) is 25.1 Å². The molecule has 2 N–H and O–H groups in total. The van der Waals surface area contributed by atoms with Crippen LogP contribution in [0.2, 0.25) is 0 Å². The second-order valence-corrected chi connectivity index (χ2v) is 7.46. The number of carbonyl (C=O) groups excluding carboxylic acids is 1. The van der Waals surface area contributed by atoms with Crippen LogP contribution in [0.1, 0.15) is 34.9 Å². The van der Waals surface area contributed by atoms with Crippen molar-refractivity contribution in [2.75, 3.05) is 7.11 Å². The van der Waals surface area contributed by atoms with E-state index in [1.807, 2.05) is 13.8 Å². The molecule has 0 saturated carbocycles. The third-order valence-corrected chi connectivity index (χ3v) is 5.45. The molecular formula is C20H20N2O5S. The van der Waals surface area contributed by atoms with E-state index in [9.17, 15) is 14.7 Å². The van der Waals surface area contributed by atoms with E-state index in [0.29, 0.717) is 27.4 Å². The van der Waals surface area contributed by atoms with E-state index in [0.717, 1.165) is 10.4 Å². The third kappa shape index (κ3) is 3.91. The first-order chi connectivity index (χ1) is 13.3. The smallest absolute Gasteiger partial charge is 0.331 e. The number of fused-ring (bicyclic) bond motifs is 1. The number of methoxy groups -OCH3 is 1. The first-order valence-electron chi connectivity index (χ1n) is 8.55. The molecule has 3 aromatic rings. The van der Waals surface area contributed by atoms with Gasteiger partial charge in [-0.3, -0.25) is 4.79 Å². The zero-order chi connectivity index (χ0) is 20.4. The fourth-order valence-corrected chi connectivity index (χ4v) is 3.73. The second-order valence-electron chi connectivity index (χ2n) is 6.26. The van der Waals surface area contributed by atoms with Gasteiger partial charge < -0.3 is 19.6 Å². The molecule has 0 spiro atoms. The Labute approximate surface area is 165 Å². The lowest BCUT2D eigenvalue weighted by atomic mass is 10.2. The van der Waals surface area contributed by atoms with Crippen molar-refractivity contribution in [1.29, 1.82) is 0 Å². The van der Waals surface area contributed by atoms with E-state index >= 15 is 0 Å². The highest BCUT2D eigenvalue weighted by molar-refractivity contribution is 7.18. The van der Waals surface area contributed by atoms with E-state index in [4.69, 9.17) is 9.47 Å². The van der Waals surface area contributed by atoms with E-state index in [2.05, 4.69) is 9.97 Å². The lowest BCUT2D eigenvalue weighted by molar-refractivity contribution is -0.142. The fraction of sp³-hybridized carbons (Fsp3) is 0.250. The molecule has 1 aromatic carbocycles. The number of ether oxygens (including phenoxy) is 2.